The average Bonchev–Trinajstić information content (AvgIpc) is 3.07. The van der Waals surface area contributed by atoms with Gasteiger partial charge in [0.15, 0.2) is 0 Å². The smallest absolute Gasteiger partial charge is 0.134 e. The zero-order chi connectivity index (χ0) is 17.5. The highest BCUT2D eigenvalue weighted by molar-refractivity contribution is 5.48. The molecule has 0 radical (unpaired) electrons. The Morgan fingerprint density at radius 1 is 1.28 bits per heavy atom. The van der Waals surface area contributed by atoms with Crippen molar-refractivity contribution in [1.29, 1.82) is 0 Å². The predicted molar refractivity (Wildman–Crippen MR) is 94.6 cm³/mol. The van der Waals surface area contributed by atoms with Gasteiger partial charge in [-0.05, 0) is 12.0 Å². The highest BCUT2D eigenvalue weighted by Crippen LogP contribution is 2.16. The molecule has 0 saturated carbocycles. The standard InChI is InChI=1S/C16H25N7O2/c24-6-2-17-15-7-16(19-12-18-15)23-5-4-22(10-14(25)11-23)3-1-13-8-20-21-9-13/h7-9,12,14,24-25H,1-6,10-11H2,(H,20,21)(H,17,18,19)/t14-/m0/s1. The van der Waals surface area contributed by atoms with Gasteiger partial charge in [0.2, 0.25) is 0 Å². The van der Waals surface area contributed by atoms with E-state index in [1.807, 2.05) is 18.5 Å². The lowest BCUT2D eigenvalue weighted by atomic mass is 10.2. The molecule has 9 nitrogen and oxygen atoms in total. The summed E-state index contributed by atoms with van der Waals surface area (Å²) in [4.78, 5) is 12.8. The van der Waals surface area contributed by atoms with Gasteiger partial charge in [-0.3, -0.25) is 10.00 Å². The van der Waals surface area contributed by atoms with Crippen LogP contribution in [-0.2, 0) is 6.42 Å². The van der Waals surface area contributed by atoms with Crippen molar-refractivity contribution >= 4 is 11.6 Å². The molecule has 0 aliphatic carbocycles. The minimum absolute atomic E-state index is 0.0490. The molecule has 9 heteroatoms. The number of β-amino-alcohol motifs (C(OH)–C–C–N with tert-alkyl or cyclic N) is 1. The number of aromatic nitrogens is 4. The number of nitrogens with one attached hydrogen (secondary N) is 2. The van der Waals surface area contributed by atoms with E-state index in [9.17, 15) is 5.11 Å². The van der Waals surface area contributed by atoms with Crippen molar-refractivity contribution < 1.29 is 10.2 Å². The summed E-state index contributed by atoms with van der Waals surface area (Å²) in [6.07, 6.45) is 5.72. The lowest BCUT2D eigenvalue weighted by Gasteiger charge is -2.23. The van der Waals surface area contributed by atoms with Gasteiger partial charge >= 0.3 is 0 Å². The van der Waals surface area contributed by atoms with Crippen molar-refractivity contribution in [1.82, 2.24) is 25.1 Å². The highest BCUT2D eigenvalue weighted by atomic mass is 16.3. The van der Waals surface area contributed by atoms with Crippen LogP contribution in [0.25, 0.3) is 0 Å². The first kappa shape index (κ1) is 17.6. The molecular weight excluding hydrogens is 322 g/mol. The van der Waals surface area contributed by atoms with Crippen molar-refractivity contribution in [3.63, 3.8) is 0 Å². The SMILES string of the molecule is OCCNc1cc(N2CCN(CCc3cn[nH]c3)C[C@H](O)C2)ncn1. The fourth-order valence-corrected chi connectivity index (χ4v) is 2.97. The number of aromatic amines is 1. The van der Waals surface area contributed by atoms with E-state index in [0.717, 1.165) is 31.9 Å². The van der Waals surface area contributed by atoms with Crippen LogP contribution in [0.1, 0.15) is 5.56 Å². The van der Waals surface area contributed by atoms with Crippen LogP contribution in [0.2, 0.25) is 0 Å². The van der Waals surface area contributed by atoms with Crippen LogP contribution >= 0.6 is 0 Å². The number of rotatable bonds is 7. The van der Waals surface area contributed by atoms with Gasteiger partial charge in [0.05, 0.1) is 18.9 Å². The van der Waals surface area contributed by atoms with Crippen LogP contribution in [0, 0.1) is 0 Å². The molecule has 0 unspecified atom stereocenters. The number of anilines is 2. The fourth-order valence-electron chi connectivity index (χ4n) is 2.97. The number of nitrogens with zero attached hydrogens (tertiary/aromatic N) is 5. The zero-order valence-electron chi connectivity index (χ0n) is 14.2. The summed E-state index contributed by atoms with van der Waals surface area (Å²) in [5.74, 6) is 1.46. The van der Waals surface area contributed by atoms with E-state index in [4.69, 9.17) is 5.11 Å². The summed E-state index contributed by atoms with van der Waals surface area (Å²) in [5.41, 5.74) is 1.17. The van der Waals surface area contributed by atoms with E-state index >= 15 is 0 Å². The maximum atomic E-state index is 10.4. The topological polar surface area (TPSA) is 113 Å². The monoisotopic (exact) mass is 347 g/mol. The molecule has 1 saturated heterocycles. The molecule has 1 fully saturated rings. The minimum Gasteiger partial charge on any atom is -0.395 e. The zero-order valence-corrected chi connectivity index (χ0v) is 14.2. The first-order valence-corrected chi connectivity index (χ1v) is 8.54. The number of aliphatic hydroxyl groups excluding tert-OH is 2. The third kappa shape index (κ3) is 5.12. The Bertz CT molecular complexity index is 637. The summed E-state index contributed by atoms with van der Waals surface area (Å²) < 4.78 is 0. The first-order valence-electron chi connectivity index (χ1n) is 8.54. The molecule has 0 amide bonds. The second kappa shape index (κ2) is 8.75. The predicted octanol–water partition coefficient (Wildman–Crippen LogP) is -0.670. The van der Waals surface area contributed by atoms with Gasteiger partial charge in [-0.1, -0.05) is 0 Å². The molecule has 3 heterocycles. The molecule has 1 aliphatic heterocycles. The average molecular weight is 347 g/mol. The number of H-pyrrole nitrogens is 1. The van der Waals surface area contributed by atoms with Gasteiger partial charge in [-0.2, -0.15) is 5.10 Å². The molecule has 0 bridgehead atoms. The third-order valence-electron chi connectivity index (χ3n) is 4.25. The van der Waals surface area contributed by atoms with Crippen LogP contribution in [0.5, 0.6) is 0 Å². The van der Waals surface area contributed by atoms with Gasteiger partial charge < -0.3 is 20.4 Å². The number of hydrogen-bond acceptors (Lipinski definition) is 8. The van der Waals surface area contributed by atoms with Crippen LogP contribution in [0.15, 0.2) is 24.8 Å². The number of hydrogen-bond donors (Lipinski definition) is 4. The van der Waals surface area contributed by atoms with Crippen LogP contribution in [0.4, 0.5) is 11.6 Å². The quantitative estimate of drug-likeness (QED) is 0.522. The normalized spacial score (nSPS) is 19.0. The molecule has 1 aliphatic rings. The van der Waals surface area contributed by atoms with Gasteiger partial charge in [0.25, 0.3) is 0 Å². The molecule has 2 aromatic rings. The van der Waals surface area contributed by atoms with Gasteiger partial charge in [0.1, 0.15) is 18.0 Å². The van der Waals surface area contributed by atoms with E-state index < -0.39 is 6.10 Å². The second-order valence-corrected chi connectivity index (χ2v) is 6.17. The van der Waals surface area contributed by atoms with Crippen LogP contribution in [0.3, 0.4) is 0 Å². The summed E-state index contributed by atoms with van der Waals surface area (Å²) >= 11 is 0. The summed E-state index contributed by atoms with van der Waals surface area (Å²) in [6, 6.07) is 1.85. The van der Waals surface area contributed by atoms with Gasteiger partial charge in [0, 0.05) is 51.5 Å². The van der Waals surface area contributed by atoms with Crippen molar-refractivity contribution in [2.75, 3.05) is 56.1 Å². The van der Waals surface area contributed by atoms with Gasteiger partial charge in [-0.15, -0.1) is 0 Å². The Morgan fingerprint density at radius 3 is 3.00 bits per heavy atom. The lowest BCUT2D eigenvalue weighted by Crippen LogP contribution is -2.34. The Morgan fingerprint density at radius 2 is 2.20 bits per heavy atom. The molecule has 0 spiro atoms. The molecule has 0 aromatic carbocycles. The van der Waals surface area contributed by atoms with E-state index in [1.54, 1.807) is 0 Å². The third-order valence-corrected chi connectivity index (χ3v) is 4.25. The van der Waals surface area contributed by atoms with Gasteiger partial charge in [-0.25, -0.2) is 9.97 Å². The summed E-state index contributed by atoms with van der Waals surface area (Å²) in [6.45, 7) is 4.22. The van der Waals surface area contributed by atoms with E-state index in [-0.39, 0.29) is 6.61 Å². The number of aliphatic hydroxyl groups is 2. The molecular formula is C16H25N7O2. The molecule has 2 aromatic heterocycles. The Labute approximate surface area is 146 Å². The van der Waals surface area contributed by atoms with E-state index in [1.165, 1.54) is 11.9 Å². The van der Waals surface area contributed by atoms with Crippen LogP contribution < -0.4 is 10.2 Å². The summed E-state index contributed by atoms with van der Waals surface area (Å²) in [7, 11) is 0. The Kier molecular flexibility index (Phi) is 6.15. The highest BCUT2D eigenvalue weighted by Gasteiger charge is 2.22. The molecule has 4 N–H and O–H groups in total. The molecule has 1 atom stereocenters. The maximum absolute atomic E-state index is 10.4. The fraction of sp³-hybridized carbons (Fsp3) is 0.562. The second-order valence-electron chi connectivity index (χ2n) is 6.17. The summed E-state index contributed by atoms with van der Waals surface area (Å²) in [5, 5.41) is 29.1. The minimum atomic E-state index is -0.435. The molecule has 3 rings (SSSR count). The van der Waals surface area contributed by atoms with Crippen molar-refractivity contribution in [2.24, 2.45) is 0 Å². The van der Waals surface area contributed by atoms with Crippen LogP contribution in [-0.4, -0.2) is 87.3 Å². The van der Waals surface area contributed by atoms with Crippen molar-refractivity contribution in [3.05, 3.63) is 30.4 Å². The van der Waals surface area contributed by atoms with E-state index in [2.05, 4.69) is 35.3 Å². The maximum Gasteiger partial charge on any atom is 0.134 e. The Hall–Kier alpha value is -2.23. The van der Waals surface area contributed by atoms with Crippen molar-refractivity contribution in [2.45, 2.75) is 12.5 Å². The first-order chi connectivity index (χ1) is 12.2. The molecule has 136 valence electrons. The largest absolute Gasteiger partial charge is 0.395 e. The Balaban J connectivity index is 1.58. The van der Waals surface area contributed by atoms with E-state index in [0.29, 0.717) is 25.5 Å². The van der Waals surface area contributed by atoms with Crippen molar-refractivity contribution in [3.8, 4) is 0 Å². The molecule has 25 heavy (non-hydrogen) atoms. The lowest BCUT2D eigenvalue weighted by molar-refractivity contribution is 0.133.